The minimum Gasteiger partial charge on any atom is -0.0654 e. The van der Waals surface area contributed by atoms with E-state index >= 15 is 0 Å². The molecule has 0 bridgehead atoms. The van der Waals surface area contributed by atoms with Gasteiger partial charge in [0.1, 0.15) is 0 Å². The molecule has 0 aliphatic carbocycles. The number of aryl methyl sites for hydroxylation is 2. The summed E-state index contributed by atoms with van der Waals surface area (Å²) in [5, 5.41) is 0. The molecule has 1 aromatic rings. The first-order chi connectivity index (χ1) is 9.16. The Hall–Kier alpha value is -0.780. The van der Waals surface area contributed by atoms with Crippen LogP contribution in [0.5, 0.6) is 0 Å². The van der Waals surface area contributed by atoms with Gasteiger partial charge in [-0.25, -0.2) is 0 Å². The van der Waals surface area contributed by atoms with Crippen molar-refractivity contribution in [1.82, 2.24) is 0 Å². The van der Waals surface area contributed by atoms with Gasteiger partial charge in [0, 0.05) is 0 Å². The Morgan fingerprint density at radius 3 is 1.89 bits per heavy atom. The first kappa shape index (κ1) is 16.3. The Balaban J connectivity index is 2.18. The summed E-state index contributed by atoms with van der Waals surface area (Å²) in [4.78, 5) is 0. The van der Waals surface area contributed by atoms with Gasteiger partial charge in [-0.2, -0.15) is 0 Å². The van der Waals surface area contributed by atoms with E-state index in [9.17, 15) is 0 Å². The number of benzene rings is 1. The summed E-state index contributed by atoms with van der Waals surface area (Å²) in [7, 11) is 0. The van der Waals surface area contributed by atoms with Crippen molar-refractivity contribution < 1.29 is 0 Å². The van der Waals surface area contributed by atoms with E-state index in [1.807, 2.05) is 0 Å². The summed E-state index contributed by atoms with van der Waals surface area (Å²) in [6, 6.07) is 4.61. The van der Waals surface area contributed by atoms with Crippen molar-refractivity contribution in [1.29, 1.82) is 0 Å². The van der Waals surface area contributed by atoms with Gasteiger partial charge < -0.3 is 0 Å². The predicted octanol–water partition coefficient (Wildman–Crippen LogP) is 6.30. The molecular weight excluding hydrogens is 228 g/mol. The molecule has 0 amide bonds. The second-order valence-electron chi connectivity index (χ2n) is 6.02. The van der Waals surface area contributed by atoms with E-state index in [4.69, 9.17) is 0 Å². The second kappa shape index (κ2) is 9.18. The molecule has 0 aromatic heterocycles. The molecule has 108 valence electrons. The van der Waals surface area contributed by atoms with E-state index in [0.29, 0.717) is 0 Å². The van der Waals surface area contributed by atoms with Crippen LogP contribution in [0, 0.1) is 20.8 Å². The van der Waals surface area contributed by atoms with Gasteiger partial charge in [0.15, 0.2) is 0 Å². The summed E-state index contributed by atoms with van der Waals surface area (Å²) >= 11 is 0. The van der Waals surface area contributed by atoms with Crippen molar-refractivity contribution in [3.05, 3.63) is 34.4 Å². The van der Waals surface area contributed by atoms with E-state index in [-0.39, 0.29) is 0 Å². The van der Waals surface area contributed by atoms with Gasteiger partial charge in [-0.1, -0.05) is 64.0 Å². The lowest BCUT2D eigenvalue weighted by Gasteiger charge is -2.11. The summed E-state index contributed by atoms with van der Waals surface area (Å²) in [5.74, 6) is 0. The van der Waals surface area contributed by atoms with Crippen molar-refractivity contribution >= 4 is 0 Å². The topological polar surface area (TPSA) is 0 Å². The molecule has 0 heteroatoms. The van der Waals surface area contributed by atoms with Crippen LogP contribution in [0.25, 0.3) is 0 Å². The Morgan fingerprint density at radius 1 is 0.684 bits per heavy atom. The van der Waals surface area contributed by atoms with Crippen molar-refractivity contribution in [3.8, 4) is 0 Å². The highest BCUT2D eigenvalue weighted by Gasteiger charge is 2.03. The maximum atomic E-state index is 2.33. The molecule has 0 aliphatic rings. The summed E-state index contributed by atoms with van der Waals surface area (Å²) in [6.07, 6.45) is 12.5. The van der Waals surface area contributed by atoms with Crippen molar-refractivity contribution in [2.24, 2.45) is 0 Å². The fourth-order valence-electron chi connectivity index (χ4n) is 2.73. The molecule has 0 saturated carbocycles. The van der Waals surface area contributed by atoms with Gasteiger partial charge in [-0.15, -0.1) is 0 Å². The largest absolute Gasteiger partial charge is 0.0654 e. The van der Waals surface area contributed by atoms with Gasteiger partial charge in [0.2, 0.25) is 0 Å². The molecule has 1 aromatic carbocycles. The molecule has 0 nitrogen and oxygen atoms in total. The predicted molar refractivity (Wildman–Crippen MR) is 87.0 cm³/mol. The molecule has 0 atom stereocenters. The normalized spacial score (nSPS) is 10.9. The van der Waals surface area contributed by atoms with E-state index in [0.717, 1.165) is 0 Å². The standard InChI is InChI=1S/C19H32/c1-5-6-7-8-9-10-11-12-13-19-15-14-16(2)17(3)18(19)4/h14-15H,5-13H2,1-4H3. The third-order valence-corrected chi connectivity index (χ3v) is 4.47. The number of unbranched alkanes of at least 4 members (excludes halogenated alkanes) is 7. The van der Waals surface area contributed by atoms with E-state index in [1.165, 1.54) is 74.5 Å². The SMILES string of the molecule is CCCCCCCCCCc1ccc(C)c(C)c1C. The van der Waals surface area contributed by atoms with Crippen LogP contribution in [0.15, 0.2) is 12.1 Å². The van der Waals surface area contributed by atoms with Crippen LogP contribution < -0.4 is 0 Å². The first-order valence-corrected chi connectivity index (χ1v) is 8.22. The average Bonchev–Trinajstić information content (AvgIpc) is 2.41. The van der Waals surface area contributed by atoms with Crippen molar-refractivity contribution in [2.45, 2.75) is 85.5 Å². The highest BCUT2D eigenvalue weighted by atomic mass is 14.1. The zero-order valence-electron chi connectivity index (χ0n) is 13.5. The molecule has 0 unspecified atom stereocenters. The number of hydrogen-bond donors (Lipinski definition) is 0. The van der Waals surface area contributed by atoms with E-state index in [2.05, 4.69) is 39.8 Å². The fourth-order valence-corrected chi connectivity index (χ4v) is 2.73. The molecule has 0 aliphatic heterocycles. The minimum absolute atomic E-state index is 1.27. The quantitative estimate of drug-likeness (QED) is 0.457. The van der Waals surface area contributed by atoms with Crippen LogP contribution >= 0.6 is 0 Å². The Morgan fingerprint density at radius 2 is 1.26 bits per heavy atom. The lowest BCUT2D eigenvalue weighted by atomic mass is 9.95. The zero-order valence-corrected chi connectivity index (χ0v) is 13.5. The van der Waals surface area contributed by atoms with E-state index in [1.54, 1.807) is 5.56 Å². The zero-order chi connectivity index (χ0) is 14.1. The highest BCUT2D eigenvalue weighted by Crippen LogP contribution is 2.19. The molecule has 0 fully saturated rings. The summed E-state index contributed by atoms with van der Waals surface area (Å²) < 4.78 is 0. The van der Waals surface area contributed by atoms with Crippen molar-refractivity contribution in [2.75, 3.05) is 0 Å². The lowest BCUT2D eigenvalue weighted by Crippen LogP contribution is -1.95. The third-order valence-electron chi connectivity index (χ3n) is 4.47. The van der Waals surface area contributed by atoms with Crippen LogP contribution in [-0.2, 0) is 6.42 Å². The van der Waals surface area contributed by atoms with Gasteiger partial charge in [-0.05, 0) is 55.9 Å². The maximum absolute atomic E-state index is 2.33. The Bertz CT molecular complexity index is 363. The van der Waals surface area contributed by atoms with Crippen LogP contribution in [0.2, 0.25) is 0 Å². The molecular formula is C19H32. The van der Waals surface area contributed by atoms with Crippen LogP contribution in [-0.4, -0.2) is 0 Å². The van der Waals surface area contributed by atoms with Crippen LogP contribution in [0.3, 0.4) is 0 Å². The highest BCUT2D eigenvalue weighted by molar-refractivity contribution is 5.38. The first-order valence-electron chi connectivity index (χ1n) is 8.22. The van der Waals surface area contributed by atoms with E-state index < -0.39 is 0 Å². The summed E-state index contributed by atoms with van der Waals surface area (Å²) in [6.45, 7) is 9.03. The Labute approximate surface area is 120 Å². The third kappa shape index (κ3) is 5.80. The van der Waals surface area contributed by atoms with Crippen LogP contribution in [0.1, 0.15) is 80.5 Å². The molecule has 0 radical (unpaired) electrons. The fraction of sp³-hybridized carbons (Fsp3) is 0.684. The number of rotatable bonds is 9. The minimum atomic E-state index is 1.27. The van der Waals surface area contributed by atoms with Crippen LogP contribution in [0.4, 0.5) is 0 Å². The van der Waals surface area contributed by atoms with Gasteiger partial charge in [0.25, 0.3) is 0 Å². The molecule has 1 rings (SSSR count). The molecule has 0 spiro atoms. The second-order valence-corrected chi connectivity index (χ2v) is 6.02. The molecule has 19 heavy (non-hydrogen) atoms. The molecule has 0 heterocycles. The maximum Gasteiger partial charge on any atom is -0.0276 e. The lowest BCUT2D eigenvalue weighted by molar-refractivity contribution is 0.575. The van der Waals surface area contributed by atoms with Gasteiger partial charge in [0.05, 0.1) is 0 Å². The smallest absolute Gasteiger partial charge is 0.0276 e. The van der Waals surface area contributed by atoms with Gasteiger partial charge >= 0.3 is 0 Å². The summed E-state index contributed by atoms with van der Waals surface area (Å²) in [5.41, 5.74) is 5.99. The average molecular weight is 260 g/mol. The Kier molecular flexibility index (Phi) is 7.86. The molecule has 0 saturated heterocycles. The molecule has 0 N–H and O–H groups in total. The number of hydrogen-bond acceptors (Lipinski definition) is 0. The monoisotopic (exact) mass is 260 g/mol. The van der Waals surface area contributed by atoms with Crippen molar-refractivity contribution in [3.63, 3.8) is 0 Å². The van der Waals surface area contributed by atoms with Gasteiger partial charge in [-0.3, -0.25) is 0 Å².